The number of ether oxygens (including phenoxy) is 1. The highest BCUT2D eigenvalue weighted by Gasteiger charge is 2.25. The van der Waals surface area contributed by atoms with Gasteiger partial charge < -0.3 is 15.0 Å². The van der Waals surface area contributed by atoms with E-state index in [9.17, 15) is 4.79 Å². The van der Waals surface area contributed by atoms with Crippen LogP contribution in [0.2, 0.25) is 0 Å². The standard InChI is InChI=1S/C22H21N3O2/c1-27-20-9-5-3-7-17(20)14-23-21-11-10-18(15-24-21)22(26)25-13-12-16-6-2-4-8-19(16)25/h2-11,15H,12-14H2,1H3,(H,23,24). The number of methoxy groups -OCH3 is 1. The van der Waals surface area contributed by atoms with E-state index in [1.165, 1.54) is 5.56 Å². The number of rotatable bonds is 5. The van der Waals surface area contributed by atoms with E-state index in [2.05, 4.69) is 16.4 Å². The van der Waals surface area contributed by atoms with Crippen LogP contribution in [0.3, 0.4) is 0 Å². The van der Waals surface area contributed by atoms with Crippen molar-refractivity contribution < 1.29 is 9.53 Å². The average molecular weight is 359 g/mol. The molecule has 0 unspecified atom stereocenters. The van der Waals surface area contributed by atoms with Gasteiger partial charge in [-0.25, -0.2) is 4.98 Å². The van der Waals surface area contributed by atoms with Crippen molar-refractivity contribution >= 4 is 17.4 Å². The number of hydrogen-bond acceptors (Lipinski definition) is 4. The zero-order chi connectivity index (χ0) is 18.6. The predicted octanol–water partition coefficient (Wildman–Crippen LogP) is 3.91. The predicted molar refractivity (Wildman–Crippen MR) is 106 cm³/mol. The van der Waals surface area contributed by atoms with Crippen molar-refractivity contribution in [2.45, 2.75) is 13.0 Å². The molecule has 2 heterocycles. The van der Waals surface area contributed by atoms with E-state index in [4.69, 9.17) is 4.74 Å². The van der Waals surface area contributed by atoms with Crippen LogP contribution in [0.1, 0.15) is 21.5 Å². The van der Waals surface area contributed by atoms with Gasteiger partial charge in [0.1, 0.15) is 11.6 Å². The fraction of sp³-hybridized carbons (Fsp3) is 0.182. The molecule has 1 aliphatic heterocycles. The molecule has 1 amide bonds. The van der Waals surface area contributed by atoms with Crippen LogP contribution in [0.15, 0.2) is 66.9 Å². The number of nitrogens with one attached hydrogen (secondary N) is 1. The number of fused-ring (bicyclic) bond motifs is 1. The molecule has 0 radical (unpaired) electrons. The van der Waals surface area contributed by atoms with Gasteiger partial charge in [-0.2, -0.15) is 0 Å². The minimum Gasteiger partial charge on any atom is -0.496 e. The summed E-state index contributed by atoms with van der Waals surface area (Å²) in [5.74, 6) is 1.55. The SMILES string of the molecule is COc1ccccc1CNc1ccc(C(=O)N2CCc3ccccc32)cn1. The van der Waals surface area contributed by atoms with Gasteiger partial charge in [0.2, 0.25) is 0 Å². The van der Waals surface area contributed by atoms with Crippen LogP contribution in [0.5, 0.6) is 5.75 Å². The zero-order valence-corrected chi connectivity index (χ0v) is 15.2. The van der Waals surface area contributed by atoms with E-state index in [-0.39, 0.29) is 5.91 Å². The number of pyridine rings is 1. The first kappa shape index (κ1) is 17.1. The van der Waals surface area contributed by atoms with Gasteiger partial charge in [-0.3, -0.25) is 4.79 Å². The van der Waals surface area contributed by atoms with Gasteiger partial charge >= 0.3 is 0 Å². The molecule has 136 valence electrons. The molecule has 1 aromatic heterocycles. The van der Waals surface area contributed by atoms with Crippen molar-refractivity contribution in [1.29, 1.82) is 0 Å². The van der Waals surface area contributed by atoms with Crippen molar-refractivity contribution in [3.63, 3.8) is 0 Å². The summed E-state index contributed by atoms with van der Waals surface area (Å²) >= 11 is 0. The van der Waals surface area contributed by atoms with Crippen molar-refractivity contribution in [3.8, 4) is 5.75 Å². The molecule has 0 spiro atoms. The Morgan fingerprint density at radius 2 is 1.93 bits per heavy atom. The third kappa shape index (κ3) is 3.49. The van der Waals surface area contributed by atoms with Gasteiger partial charge in [-0.1, -0.05) is 36.4 Å². The third-order valence-electron chi connectivity index (χ3n) is 4.80. The molecule has 0 atom stereocenters. The van der Waals surface area contributed by atoms with Crippen molar-refractivity contribution in [2.75, 3.05) is 23.9 Å². The monoisotopic (exact) mass is 359 g/mol. The normalized spacial score (nSPS) is 12.6. The van der Waals surface area contributed by atoms with E-state index in [0.29, 0.717) is 18.7 Å². The molecule has 1 aliphatic rings. The quantitative estimate of drug-likeness (QED) is 0.751. The van der Waals surface area contributed by atoms with Crippen LogP contribution in [0, 0.1) is 0 Å². The summed E-state index contributed by atoms with van der Waals surface area (Å²) in [6, 6.07) is 19.6. The van der Waals surface area contributed by atoms with Crippen molar-refractivity contribution in [2.24, 2.45) is 0 Å². The number of anilines is 2. The van der Waals surface area contributed by atoms with Crippen LogP contribution >= 0.6 is 0 Å². The first-order valence-corrected chi connectivity index (χ1v) is 8.98. The van der Waals surface area contributed by atoms with E-state index < -0.39 is 0 Å². The number of carbonyl (C=O) groups excluding carboxylic acids is 1. The molecule has 0 fully saturated rings. The fourth-order valence-corrected chi connectivity index (χ4v) is 3.36. The Hall–Kier alpha value is -3.34. The highest BCUT2D eigenvalue weighted by Crippen LogP contribution is 2.28. The Bertz CT molecular complexity index is 954. The number of aromatic nitrogens is 1. The van der Waals surface area contributed by atoms with Crippen molar-refractivity contribution in [3.05, 3.63) is 83.6 Å². The highest BCUT2D eigenvalue weighted by molar-refractivity contribution is 6.07. The summed E-state index contributed by atoms with van der Waals surface area (Å²) in [7, 11) is 1.66. The molecule has 4 rings (SSSR count). The number of nitrogens with zero attached hydrogens (tertiary/aromatic N) is 2. The minimum atomic E-state index is -0.0104. The smallest absolute Gasteiger partial charge is 0.259 e. The number of para-hydroxylation sites is 2. The van der Waals surface area contributed by atoms with Gasteiger partial charge in [0.05, 0.1) is 12.7 Å². The Morgan fingerprint density at radius 3 is 2.74 bits per heavy atom. The molecule has 1 N–H and O–H groups in total. The van der Waals surface area contributed by atoms with Gasteiger partial charge in [-0.05, 0) is 36.2 Å². The lowest BCUT2D eigenvalue weighted by atomic mass is 10.2. The number of benzene rings is 2. The van der Waals surface area contributed by atoms with E-state index >= 15 is 0 Å². The molecule has 0 saturated heterocycles. The van der Waals surface area contributed by atoms with E-state index in [1.807, 2.05) is 59.5 Å². The van der Waals surface area contributed by atoms with Crippen LogP contribution in [-0.2, 0) is 13.0 Å². The fourth-order valence-electron chi connectivity index (χ4n) is 3.36. The molecule has 2 aromatic carbocycles. The molecular formula is C22H21N3O2. The maximum absolute atomic E-state index is 12.8. The molecule has 0 aliphatic carbocycles. The van der Waals surface area contributed by atoms with Crippen LogP contribution in [0.4, 0.5) is 11.5 Å². The summed E-state index contributed by atoms with van der Waals surface area (Å²) in [6.07, 6.45) is 2.53. The molecular weight excluding hydrogens is 338 g/mol. The number of hydrogen-bond donors (Lipinski definition) is 1. The molecule has 5 nitrogen and oxygen atoms in total. The Labute approximate surface area is 158 Å². The maximum Gasteiger partial charge on any atom is 0.259 e. The van der Waals surface area contributed by atoms with Crippen molar-refractivity contribution in [1.82, 2.24) is 4.98 Å². The average Bonchev–Trinajstić information content (AvgIpc) is 3.16. The van der Waals surface area contributed by atoms with E-state index in [1.54, 1.807) is 13.3 Å². The molecule has 3 aromatic rings. The second kappa shape index (κ2) is 7.50. The summed E-state index contributed by atoms with van der Waals surface area (Å²) < 4.78 is 5.36. The van der Waals surface area contributed by atoms with Crippen LogP contribution in [-0.4, -0.2) is 24.5 Å². The second-order valence-corrected chi connectivity index (χ2v) is 6.43. The molecule has 0 saturated carbocycles. The highest BCUT2D eigenvalue weighted by atomic mass is 16.5. The second-order valence-electron chi connectivity index (χ2n) is 6.43. The van der Waals surface area contributed by atoms with Gasteiger partial charge in [0.25, 0.3) is 5.91 Å². The molecule has 27 heavy (non-hydrogen) atoms. The summed E-state index contributed by atoms with van der Waals surface area (Å²) in [6.45, 7) is 1.32. The van der Waals surface area contributed by atoms with E-state index in [0.717, 1.165) is 29.2 Å². The Balaban J connectivity index is 1.44. The topological polar surface area (TPSA) is 54.5 Å². The first-order valence-electron chi connectivity index (χ1n) is 8.98. The minimum absolute atomic E-state index is 0.0104. The number of amides is 1. The maximum atomic E-state index is 12.8. The lowest BCUT2D eigenvalue weighted by Crippen LogP contribution is -2.28. The zero-order valence-electron chi connectivity index (χ0n) is 15.2. The molecule has 0 bridgehead atoms. The van der Waals surface area contributed by atoms with Gasteiger partial charge in [0.15, 0.2) is 0 Å². The van der Waals surface area contributed by atoms with Crippen LogP contribution in [0.25, 0.3) is 0 Å². The van der Waals surface area contributed by atoms with Crippen LogP contribution < -0.4 is 15.0 Å². The third-order valence-corrected chi connectivity index (χ3v) is 4.80. The lowest BCUT2D eigenvalue weighted by Gasteiger charge is -2.17. The largest absolute Gasteiger partial charge is 0.496 e. The first-order chi connectivity index (χ1) is 13.3. The Kier molecular flexibility index (Phi) is 4.75. The van der Waals surface area contributed by atoms with Gasteiger partial charge in [-0.15, -0.1) is 0 Å². The number of carbonyl (C=O) groups is 1. The summed E-state index contributed by atoms with van der Waals surface area (Å²) in [5, 5.41) is 3.27. The molecule has 5 heteroatoms. The summed E-state index contributed by atoms with van der Waals surface area (Å²) in [5.41, 5.74) is 3.86. The summed E-state index contributed by atoms with van der Waals surface area (Å²) in [4.78, 5) is 19.1. The lowest BCUT2D eigenvalue weighted by molar-refractivity contribution is 0.0989. The van der Waals surface area contributed by atoms with Gasteiger partial charge in [0, 0.05) is 30.5 Å². The Morgan fingerprint density at radius 1 is 1.11 bits per heavy atom.